The van der Waals surface area contributed by atoms with Gasteiger partial charge in [0.25, 0.3) is 5.91 Å². The third-order valence-corrected chi connectivity index (χ3v) is 4.52. The molecule has 4 nitrogen and oxygen atoms in total. The van der Waals surface area contributed by atoms with Crippen LogP contribution in [-0.4, -0.2) is 46.4 Å². The summed E-state index contributed by atoms with van der Waals surface area (Å²) >= 11 is 3.43. The summed E-state index contributed by atoms with van der Waals surface area (Å²) in [5.74, 6) is 0.0288. The van der Waals surface area contributed by atoms with Crippen molar-refractivity contribution in [3.63, 3.8) is 0 Å². The number of nitrogens with zero attached hydrogens (tertiary/aromatic N) is 2. The molecule has 0 radical (unpaired) electrons. The lowest BCUT2D eigenvalue weighted by atomic mass is 10.1. The zero-order valence-corrected chi connectivity index (χ0v) is 13.4. The zero-order valence-electron chi connectivity index (χ0n) is 11.8. The topological polar surface area (TPSA) is 42.4 Å². The SMILES string of the molecule is CC1COC(CBr)CN1C(=O)c1cccc2cccnc12. The van der Waals surface area contributed by atoms with Crippen molar-refractivity contribution in [3.8, 4) is 0 Å². The van der Waals surface area contributed by atoms with Crippen LogP contribution in [0.2, 0.25) is 0 Å². The van der Waals surface area contributed by atoms with Crippen molar-refractivity contribution in [1.82, 2.24) is 9.88 Å². The largest absolute Gasteiger partial charge is 0.373 e. The van der Waals surface area contributed by atoms with Gasteiger partial charge in [0.05, 0.1) is 29.8 Å². The molecule has 1 fully saturated rings. The van der Waals surface area contributed by atoms with Crippen molar-refractivity contribution in [3.05, 3.63) is 42.1 Å². The summed E-state index contributed by atoms with van der Waals surface area (Å²) in [5.41, 5.74) is 1.43. The summed E-state index contributed by atoms with van der Waals surface area (Å²) in [4.78, 5) is 19.2. The molecule has 1 saturated heterocycles. The Labute approximate surface area is 132 Å². The molecule has 1 aliphatic heterocycles. The third kappa shape index (κ3) is 2.80. The Hall–Kier alpha value is -1.46. The number of carbonyl (C=O) groups is 1. The molecule has 1 aromatic heterocycles. The minimum Gasteiger partial charge on any atom is -0.373 e. The molecule has 3 rings (SSSR count). The fraction of sp³-hybridized carbons (Fsp3) is 0.375. The molecule has 0 spiro atoms. The average Bonchev–Trinajstić information content (AvgIpc) is 2.54. The van der Waals surface area contributed by atoms with Gasteiger partial charge in [-0.2, -0.15) is 0 Å². The highest BCUT2D eigenvalue weighted by Crippen LogP contribution is 2.21. The second-order valence-corrected chi connectivity index (χ2v) is 5.94. The first kappa shape index (κ1) is 14.5. The number of benzene rings is 1. The van der Waals surface area contributed by atoms with Gasteiger partial charge in [0.15, 0.2) is 0 Å². The maximum absolute atomic E-state index is 12.9. The van der Waals surface area contributed by atoms with Crippen LogP contribution < -0.4 is 0 Å². The van der Waals surface area contributed by atoms with E-state index in [0.717, 1.165) is 16.2 Å². The Kier molecular flexibility index (Phi) is 4.22. The number of rotatable bonds is 2. The van der Waals surface area contributed by atoms with Gasteiger partial charge >= 0.3 is 0 Å². The predicted octanol–water partition coefficient (Wildman–Crippen LogP) is 2.86. The van der Waals surface area contributed by atoms with Crippen molar-refractivity contribution in [2.75, 3.05) is 18.5 Å². The van der Waals surface area contributed by atoms with Crippen LogP contribution in [0.4, 0.5) is 0 Å². The van der Waals surface area contributed by atoms with Crippen molar-refractivity contribution >= 4 is 32.7 Å². The first-order chi connectivity index (χ1) is 10.2. The molecular weight excluding hydrogens is 332 g/mol. The van der Waals surface area contributed by atoms with Crippen LogP contribution in [-0.2, 0) is 4.74 Å². The number of carbonyl (C=O) groups excluding carboxylic acids is 1. The van der Waals surface area contributed by atoms with Crippen LogP contribution in [0.5, 0.6) is 0 Å². The van der Waals surface area contributed by atoms with E-state index in [-0.39, 0.29) is 18.1 Å². The molecule has 0 N–H and O–H groups in total. The number of fused-ring (bicyclic) bond motifs is 1. The quantitative estimate of drug-likeness (QED) is 0.783. The van der Waals surface area contributed by atoms with Crippen LogP contribution in [0.3, 0.4) is 0 Å². The van der Waals surface area contributed by atoms with Gasteiger partial charge < -0.3 is 9.64 Å². The summed E-state index contributed by atoms with van der Waals surface area (Å²) in [6.45, 7) is 3.19. The molecule has 2 aromatic rings. The van der Waals surface area contributed by atoms with E-state index in [1.807, 2.05) is 42.2 Å². The Morgan fingerprint density at radius 2 is 2.24 bits per heavy atom. The number of ether oxygens (including phenoxy) is 1. The van der Waals surface area contributed by atoms with Gasteiger partial charge in [0.1, 0.15) is 0 Å². The number of aromatic nitrogens is 1. The first-order valence-corrected chi connectivity index (χ1v) is 8.15. The van der Waals surface area contributed by atoms with Crippen molar-refractivity contribution in [2.45, 2.75) is 19.1 Å². The minimum atomic E-state index is 0.0288. The van der Waals surface area contributed by atoms with Crippen molar-refractivity contribution in [2.24, 2.45) is 0 Å². The van der Waals surface area contributed by atoms with Crippen molar-refractivity contribution < 1.29 is 9.53 Å². The highest BCUT2D eigenvalue weighted by atomic mass is 79.9. The molecule has 2 atom stereocenters. The van der Waals surface area contributed by atoms with Gasteiger partial charge in [-0.05, 0) is 19.1 Å². The third-order valence-electron chi connectivity index (χ3n) is 3.80. The predicted molar refractivity (Wildman–Crippen MR) is 85.8 cm³/mol. The van der Waals surface area contributed by atoms with E-state index in [9.17, 15) is 4.79 Å². The van der Waals surface area contributed by atoms with E-state index in [1.165, 1.54) is 0 Å². The van der Waals surface area contributed by atoms with Gasteiger partial charge in [-0.1, -0.05) is 34.1 Å². The van der Waals surface area contributed by atoms with E-state index < -0.39 is 0 Å². The zero-order chi connectivity index (χ0) is 14.8. The second kappa shape index (κ2) is 6.12. The normalized spacial score (nSPS) is 22.5. The number of halogens is 1. The Morgan fingerprint density at radius 1 is 1.43 bits per heavy atom. The number of hydrogen-bond acceptors (Lipinski definition) is 3. The summed E-state index contributed by atoms with van der Waals surface area (Å²) in [5, 5.41) is 1.72. The Morgan fingerprint density at radius 3 is 3.05 bits per heavy atom. The van der Waals surface area contributed by atoms with E-state index >= 15 is 0 Å². The molecule has 2 unspecified atom stereocenters. The second-order valence-electron chi connectivity index (χ2n) is 5.30. The number of morpholine rings is 1. The summed E-state index contributed by atoms with van der Waals surface area (Å²) in [7, 11) is 0. The van der Waals surface area contributed by atoms with Crippen LogP contribution in [0.25, 0.3) is 10.9 Å². The maximum atomic E-state index is 12.9. The highest BCUT2D eigenvalue weighted by Gasteiger charge is 2.30. The molecular formula is C16H17BrN2O2. The summed E-state index contributed by atoms with van der Waals surface area (Å²) in [6, 6.07) is 9.67. The standard InChI is InChI=1S/C16H17BrN2O2/c1-11-10-21-13(8-17)9-19(11)16(20)14-6-2-4-12-5-3-7-18-15(12)14/h2-7,11,13H,8-10H2,1H3. The number of pyridine rings is 1. The monoisotopic (exact) mass is 348 g/mol. The van der Waals surface area contributed by atoms with E-state index in [0.29, 0.717) is 18.7 Å². The number of para-hydroxylation sites is 1. The Balaban J connectivity index is 1.96. The molecule has 1 aromatic carbocycles. The molecule has 5 heteroatoms. The van der Waals surface area contributed by atoms with Crippen LogP contribution in [0.15, 0.2) is 36.5 Å². The number of amides is 1. The molecule has 21 heavy (non-hydrogen) atoms. The van der Waals surface area contributed by atoms with Crippen LogP contribution in [0.1, 0.15) is 17.3 Å². The smallest absolute Gasteiger partial charge is 0.256 e. The lowest BCUT2D eigenvalue weighted by Crippen LogP contribution is -2.51. The molecule has 1 amide bonds. The highest BCUT2D eigenvalue weighted by molar-refractivity contribution is 9.09. The van der Waals surface area contributed by atoms with Crippen molar-refractivity contribution in [1.29, 1.82) is 0 Å². The minimum absolute atomic E-state index is 0.0288. The first-order valence-electron chi connectivity index (χ1n) is 7.03. The fourth-order valence-electron chi connectivity index (χ4n) is 2.63. The van der Waals surface area contributed by atoms with Gasteiger partial charge in [-0.15, -0.1) is 0 Å². The molecule has 1 aliphatic rings. The lowest BCUT2D eigenvalue weighted by molar-refractivity contribution is -0.0360. The van der Waals surface area contributed by atoms with Gasteiger partial charge in [0, 0.05) is 23.5 Å². The lowest BCUT2D eigenvalue weighted by Gasteiger charge is -2.37. The summed E-state index contributed by atoms with van der Waals surface area (Å²) < 4.78 is 5.69. The van der Waals surface area contributed by atoms with Crippen LogP contribution in [0, 0.1) is 0 Å². The number of alkyl halides is 1. The molecule has 0 aliphatic carbocycles. The van der Waals surface area contributed by atoms with Gasteiger partial charge in [-0.25, -0.2) is 0 Å². The molecule has 0 saturated carbocycles. The molecule has 0 bridgehead atoms. The molecule has 2 heterocycles. The van der Waals surface area contributed by atoms with E-state index in [4.69, 9.17) is 4.74 Å². The van der Waals surface area contributed by atoms with Crippen LogP contribution >= 0.6 is 15.9 Å². The average molecular weight is 349 g/mol. The Bertz CT molecular complexity index is 656. The van der Waals surface area contributed by atoms with E-state index in [1.54, 1.807) is 6.20 Å². The number of hydrogen-bond donors (Lipinski definition) is 0. The maximum Gasteiger partial charge on any atom is 0.256 e. The van der Waals surface area contributed by atoms with E-state index in [2.05, 4.69) is 20.9 Å². The van der Waals surface area contributed by atoms with Gasteiger partial charge in [0.2, 0.25) is 0 Å². The molecule has 110 valence electrons. The fourth-order valence-corrected chi connectivity index (χ4v) is 3.02. The summed E-state index contributed by atoms with van der Waals surface area (Å²) in [6.07, 6.45) is 1.77. The van der Waals surface area contributed by atoms with Gasteiger partial charge in [-0.3, -0.25) is 9.78 Å².